The van der Waals surface area contributed by atoms with Crippen LogP contribution >= 0.6 is 28.4 Å². The number of nitrogens with one attached hydrogen (secondary N) is 1. The molecule has 1 saturated heterocycles. The number of benzene rings is 1. The van der Waals surface area contributed by atoms with Crippen molar-refractivity contribution in [2.24, 2.45) is 0 Å². The predicted octanol–water partition coefficient (Wildman–Crippen LogP) is 5.25. The van der Waals surface area contributed by atoms with Gasteiger partial charge in [-0.05, 0) is 67.8 Å². The summed E-state index contributed by atoms with van der Waals surface area (Å²) in [6.45, 7) is 7.06. The first-order valence-corrected chi connectivity index (χ1v) is 17.2. The molecular weight excluding hydrogens is 658 g/mol. The topological polar surface area (TPSA) is 129 Å². The minimum Gasteiger partial charge on any atom is -0.481 e. The highest BCUT2D eigenvalue weighted by Crippen LogP contribution is 2.37. The van der Waals surface area contributed by atoms with Gasteiger partial charge in [0.25, 0.3) is 0 Å². The number of carbonyl (C=O) groups excluding carboxylic acids is 1. The molecule has 1 aromatic carbocycles. The Balaban J connectivity index is 1.40. The average molecular weight is 690 g/mol. The van der Waals surface area contributed by atoms with Crippen LogP contribution in [0.5, 0.6) is 11.9 Å². The summed E-state index contributed by atoms with van der Waals surface area (Å²) in [6.07, 6.45) is 5.11. The molecule has 1 unspecified atom stereocenters. The van der Waals surface area contributed by atoms with Gasteiger partial charge >= 0.3 is 12.1 Å². The number of amides is 1. The van der Waals surface area contributed by atoms with E-state index in [1.807, 2.05) is 43.4 Å². The lowest BCUT2D eigenvalue weighted by Gasteiger charge is -2.33. The van der Waals surface area contributed by atoms with Crippen LogP contribution in [0.3, 0.4) is 0 Å². The highest BCUT2D eigenvalue weighted by atomic mass is 127. The van der Waals surface area contributed by atoms with Crippen molar-refractivity contribution in [2.75, 3.05) is 32.2 Å². The molecule has 216 valence electrons. The van der Waals surface area contributed by atoms with E-state index in [4.69, 9.17) is 24.3 Å². The summed E-state index contributed by atoms with van der Waals surface area (Å²) in [5.74, 6) is 1.19. The third-order valence-electron chi connectivity index (χ3n) is 6.53. The van der Waals surface area contributed by atoms with Crippen LogP contribution in [0.15, 0.2) is 36.7 Å². The molecule has 1 atom stereocenters. The molecule has 14 heteroatoms. The van der Waals surface area contributed by atoms with Crippen molar-refractivity contribution >= 4 is 51.2 Å². The lowest BCUT2D eigenvalue weighted by molar-refractivity contribution is 0.0497. The number of hydrogen-bond donors (Lipinski definition) is 1. The smallest absolute Gasteiger partial charge is 0.407 e. The zero-order valence-corrected chi connectivity index (χ0v) is 26.7. The zero-order valence-electron chi connectivity index (χ0n) is 23.5. The van der Waals surface area contributed by atoms with Crippen molar-refractivity contribution < 1.29 is 19.0 Å². The van der Waals surface area contributed by atoms with Gasteiger partial charge in [0.15, 0.2) is 0 Å². The van der Waals surface area contributed by atoms with Crippen molar-refractivity contribution in [3.8, 4) is 34.5 Å². The number of rotatable bonds is 7. The van der Waals surface area contributed by atoms with E-state index in [0.717, 1.165) is 53.9 Å². The predicted molar refractivity (Wildman–Crippen MR) is 167 cm³/mol. The molecule has 0 spiro atoms. The number of hydrogen-bond acceptors (Lipinski definition) is 10. The molecule has 4 heterocycles. The number of ether oxygens (including phenoxy) is 3. The van der Waals surface area contributed by atoms with E-state index in [-0.39, 0.29) is 18.1 Å². The quantitative estimate of drug-likeness (QED) is 0.203. The highest BCUT2D eigenvalue weighted by molar-refractivity contribution is 14.2. The Labute approximate surface area is 252 Å². The van der Waals surface area contributed by atoms with E-state index in [0.29, 0.717) is 23.6 Å². The van der Waals surface area contributed by atoms with E-state index in [2.05, 4.69) is 47.2 Å². The van der Waals surface area contributed by atoms with Crippen molar-refractivity contribution in [1.29, 1.82) is 0 Å². The van der Waals surface area contributed by atoms with Gasteiger partial charge in [-0.1, -0.05) is 6.07 Å². The summed E-state index contributed by atoms with van der Waals surface area (Å²) in [5.41, 5.74) is 3.45. The van der Waals surface area contributed by atoms with E-state index in [1.54, 1.807) is 25.6 Å². The molecule has 1 aliphatic heterocycles. The van der Waals surface area contributed by atoms with Gasteiger partial charge in [-0.2, -0.15) is 15.1 Å². The fourth-order valence-corrected chi connectivity index (χ4v) is 6.16. The number of aromatic nitrogens is 6. The zero-order chi connectivity index (χ0) is 29.1. The molecule has 0 saturated carbocycles. The number of nitrogens with zero attached hydrogens (tertiary/aromatic N) is 7. The Morgan fingerprint density at radius 1 is 1.05 bits per heavy atom. The van der Waals surface area contributed by atoms with Crippen LogP contribution in [-0.4, -0.2) is 74.5 Å². The van der Waals surface area contributed by atoms with E-state index >= 15 is 0 Å². The standard InChI is InChI=1S/C27H32IN8O4P/c1-27(2,3)40-26(37)30-17-8-10-35(11-9-17)22-15-29-14-20(31-22)24-18-12-16(6-7-21(18)36(34-24)41-28)19-13-23(38-4)33-25(32-19)39-5/h6-7,12-15,17,41H,8-11H2,1-5H3,(H,30,37). The summed E-state index contributed by atoms with van der Waals surface area (Å²) < 4.78 is 18.0. The number of halogens is 1. The lowest BCUT2D eigenvalue weighted by Crippen LogP contribution is -2.46. The Morgan fingerprint density at radius 2 is 1.83 bits per heavy atom. The first-order valence-electron chi connectivity index (χ1n) is 13.1. The molecule has 3 aromatic heterocycles. The van der Waals surface area contributed by atoms with Gasteiger partial charge < -0.3 is 24.4 Å². The second-order valence-corrected chi connectivity index (χ2v) is 12.6. The lowest BCUT2D eigenvalue weighted by atomic mass is 10.1. The molecule has 12 nitrogen and oxygen atoms in total. The van der Waals surface area contributed by atoms with Crippen LogP contribution in [0.1, 0.15) is 33.6 Å². The minimum atomic E-state index is -0.523. The molecule has 1 fully saturated rings. The second-order valence-electron chi connectivity index (χ2n) is 10.5. The van der Waals surface area contributed by atoms with Crippen LogP contribution in [-0.2, 0) is 4.74 Å². The van der Waals surface area contributed by atoms with Crippen LogP contribution in [0.4, 0.5) is 10.6 Å². The number of anilines is 1. The molecular formula is C27H32IN8O4P. The van der Waals surface area contributed by atoms with Crippen molar-refractivity contribution in [3.05, 3.63) is 36.7 Å². The van der Waals surface area contributed by atoms with Gasteiger partial charge in [-0.3, -0.25) is 4.98 Å². The fraction of sp³-hybridized carbons (Fsp3) is 0.407. The Kier molecular flexibility index (Phi) is 8.74. The number of piperidine rings is 1. The van der Waals surface area contributed by atoms with Crippen molar-refractivity contribution in [1.82, 2.24) is 34.8 Å². The van der Waals surface area contributed by atoms with Crippen molar-refractivity contribution in [3.63, 3.8) is 0 Å². The molecule has 5 rings (SSSR count). The first kappa shape index (κ1) is 29.2. The summed E-state index contributed by atoms with van der Waals surface area (Å²) in [6, 6.07) is 8.14. The maximum Gasteiger partial charge on any atom is 0.407 e. The SMILES string of the molecule is COc1cc(-c2ccc3c(c2)c(-c2cncc(N4CCC(NC(=O)OC(C)(C)C)CC4)n2)nn3PI)nc(OC)n1. The highest BCUT2D eigenvalue weighted by Gasteiger charge is 2.25. The third kappa shape index (κ3) is 6.78. The minimum absolute atomic E-state index is 0.0546. The summed E-state index contributed by atoms with van der Waals surface area (Å²) in [5, 5.41) is 8.82. The second kappa shape index (κ2) is 12.3. The summed E-state index contributed by atoms with van der Waals surface area (Å²) in [4.78, 5) is 32.6. The van der Waals surface area contributed by atoms with Gasteiger partial charge in [-0.25, -0.2) is 14.2 Å². The van der Waals surface area contributed by atoms with Crippen LogP contribution < -0.4 is 19.7 Å². The molecule has 41 heavy (non-hydrogen) atoms. The molecule has 0 aliphatic carbocycles. The van der Waals surface area contributed by atoms with E-state index in [1.165, 1.54) is 7.11 Å². The monoisotopic (exact) mass is 690 g/mol. The summed E-state index contributed by atoms with van der Waals surface area (Å²) >= 11 is 2.32. The van der Waals surface area contributed by atoms with Crippen LogP contribution in [0.25, 0.3) is 33.5 Å². The largest absolute Gasteiger partial charge is 0.481 e. The number of methoxy groups -OCH3 is 2. The number of carbonyl (C=O) groups is 1. The van der Waals surface area contributed by atoms with Crippen LogP contribution in [0, 0.1) is 0 Å². The van der Waals surface area contributed by atoms with E-state index < -0.39 is 5.60 Å². The molecule has 1 aliphatic rings. The third-order valence-corrected chi connectivity index (χ3v) is 8.41. The molecule has 1 amide bonds. The maximum atomic E-state index is 12.2. The first-order chi connectivity index (χ1) is 19.7. The Morgan fingerprint density at radius 3 is 2.51 bits per heavy atom. The average Bonchev–Trinajstić information content (AvgIpc) is 3.34. The number of alkyl carbamates (subject to hydrolysis) is 1. The Bertz CT molecular complexity index is 1530. The molecule has 0 radical (unpaired) electrons. The molecule has 0 bridgehead atoms. The van der Waals surface area contributed by atoms with Gasteiger partial charge in [-0.15, -0.1) is 0 Å². The maximum absolute atomic E-state index is 12.2. The number of fused-ring (bicyclic) bond motifs is 1. The molecule has 1 N–H and O–H groups in total. The fourth-order valence-electron chi connectivity index (χ4n) is 4.63. The van der Waals surface area contributed by atoms with Gasteiger partial charge in [0.05, 0.1) is 44.2 Å². The van der Waals surface area contributed by atoms with Gasteiger partial charge in [0.1, 0.15) is 22.8 Å². The Hall–Kier alpha value is -3.32. The summed E-state index contributed by atoms with van der Waals surface area (Å²) in [7, 11) is 3.08. The van der Waals surface area contributed by atoms with Crippen LogP contribution in [0.2, 0.25) is 0 Å². The normalized spacial score (nSPS) is 14.5. The van der Waals surface area contributed by atoms with Gasteiger partial charge in [0, 0.05) is 36.1 Å². The van der Waals surface area contributed by atoms with Crippen molar-refractivity contribution in [2.45, 2.75) is 45.3 Å². The van der Waals surface area contributed by atoms with Gasteiger partial charge in [0.2, 0.25) is 5.88 Å². The molecule has 4 aromatic rings. The van der Waals surface area contributed by atoms with E-state index in [9.17, 15) is 4.79 Å².